The number of rotatable bonds is 7. The molecule has 29 heavy (non-hydrogen) atoms. The zero-order valence-electron chi connectivity index (χ0n) is 16.8. The predicted molar refractivity (Wildman–Crippen MR) is 116 cm³/mol. The van der Waals surface area contributed by atoms with Crippen molar-refractivity contribution < 1.29 is 9.59 Å². The number of carbonyl (C=O) groups is 2. The fraction of sp³-hybridized carbons (Fsp3) is 0.333. The van der Waals surface area contributed by atoms with Crippen molar-refractivity contribution >= 4 is 28.4 Å². The molecular weight excluding hydrogens is 362 g/mol. The highest BCUT2D eigenvalue weighted by Gasteiger charge is 2.36. The molecule has 150 valence electrons. The Bertz CT molecular complexity index is 1010. The number of benzene rings is 2. The van der Waals surface area contributed by atoms with Crippen molar-refractivity contribution in [1.29, 1.82) is 0 Å². The van der Waals surface area contributed by atoms with E-state index in [-0.39, 0.29) is 11.8 Å². The third-order valence-corrected chi connectivity index (χ3v) is 5.69. The Hall–Kier alpha value is -3.08. The summed E-state index contributed by atoms with van der Waals surface area (Å²) in [5, 5.41) is 4.09. The number of fused-ring (bicyclic) bond motifs is 1. The SMILES string of the molecule is CCCCc1ccc(NC(=O)C2CCC(=O)N2Cc2c[nH]c3ccccc23)cc1. The van der Waals surface area contributed by atoms with Crippen LogP contribution in [0, 0.1) is 0 Å². The average Bonchev–Trinajstić information content (AvgIpc) is 3.32. The van der Waals surface area contributed by atoms with Gasteiger partial charge in [0, 0.05) is 35.8 Å². The summed E-state index contributed by atoms with van der Waals surface area (Å²) < 4.78 is 0. The molecule has 1 fully saturated rings. The van der Waals surface area contributed by atoms with Crippen LogP contribution in [0.4, 0.5) is 5.69 Å². The maximum absolute atomic E-state index is 12.9. The fourth-order valence-electron chi connectivity index (χ4n) is 4.01. The quantitative estimate of drug-likeness (QED) is 0.618. The van der Waals surface area contributed by atoms with Crippen LogP contribution in [0.1, 0.15) is 43.7 Å². The van der Waals surface area contributed by atoms with Crippen LogP contribution in [0.25, 0.3) is 10.9 Å². The number of anilines is 1. The molecule has 0 spiro atoms. The zero-order chi connectivity index (χ0) is 20.2. The summed E-state index contributed by atoms with van der Waals surface area (Å²) in [6, 6.07) is 15.6. The second-order valence-corrected chi connectivity index (χ2v) is 7.73. The minimum absolute atomic E-state index is 0.0327. The number of aryl methyl sites for hydroxylation is 1. The smallest absolute Gasteiger partial charge is 0.247 e. The van der Waals surface area contributed by atoms with Crippen molar-refractivity contribution in [3.8, 4) is 0 Å². The third-order valence-electron chi connectivity index (χ3n) is 5.69. The Balaban J connectivity index is 1.45. The zero-order valence-corrected chi connectivity index (χ0v) is 16.8. The highest BCUT2D eigenvalue weighted by atomic mass is 16.2. The van der Waals surface area contributed by atoms with Gasteiger partial charge in [0.05, 0.1) is 0 Å². The topological polar surface area (TPSA) is 65.2 Å². The first-order valence-corrected chi connectivity index (χ1v) is 10.4. The lowest BCUT2D eigenvalue weighted by Crippen LogP contribution is -2.41. The van der Waals surface area contributed by atoms with Crippen LogP contribution in [0.2, 0.25) is 0 Å². The summed E-state index contributed by atoms with van der Waals surface area (Å²) in [6.07, 6.45) is 6.29. The molecule has 2 amide bonds. The van der Waals surface area contributed by atoms with Crippen molar-refractivity contribution in [2.75, 3.05) is 5.32 Å². The molecule has 2 heterocycles. The number of para-hydroxylation sites is 1. The minimum atomic E-state index is -0.434. The van der Waals surface area contributed by atoms with Crippen LogP contribution in [0.15, 0.2) is 54.7 Å². The van der Waals surface area contributed by atoms with Crippen LogP contribution in [0.5, 0.6) is 0 Å². The van der Waals surface area contributed by atoms with E-state index in [9.17, 15) is 9.59 Å². The van der Waals surface area contributed by atoms with Gasteiger partial charge in [-0.05, 0) is 48.6 Å². The number of nitrogens with one attached hydrogen (secondary N) is 2. The molecule has 1 saturated heterocycles. The molecule has 4 rings (SSSR count). The highest BCUT2D eigenvalue weighted by Crippen LogP contribution is 2.26. The number of nitrogens with zero attached hydrogens (tertiary/aromatic N) is 1. The average molecular weight is 389 g/mol. The summed E-state index contributed by atoms with van der Waals surface area (Å²) in [5.41, 5.74) is 4.13. The van der Waals surface area contributed by atoms with E-state index >= 15 is 0 Å². The van der Waals surface area contributed by atoms with E-state index in [1.165, 1.54) is 18.4 Å². The fourth-order valence-corrected chi connectivity index (χ4v) is 4.01. The molecular formula is C24H27N3O2. The summed E-state index contributed by atoms with van der Waals surface area (Å²) in [6.45, 7) is 2.62. The van der Waals surface area contributed by atoms with E-state index in [1.807, 2.05) is 42.6 Å². The first kappa shape index (κ1) is 19.2. The van der Waals surface area contributed by atoms with E-state index < -0.39 is 6.04 Å². The minimum Gasteiger partial charge on any atom is -0.361 e. The molecule has 0 aliphatic carbocycles. The Labute approximate surface area is 171 Å². The Morgan fingerprint density at radius 2 is 1.97 bits per heavy atom. The van der Waals surface area contributed by atoms with E-state index in [2.05, 4.69) is 29.4 Å². The summed E-state index contributed by atoms with van der Waals surface area (Å²) >= 11 is 0. The number of carbonyl (C=O) groups excluding carboxylic acids is 2. The third kappa shape index (κ3) is 4.19. The molecule has 1 unspecified atom stereocenters. The van der Waals surface area contributed by atoms with Gasteiger partial charge in [0.1, 0.15) is 6.04 Å². The van der Waals surface area contributed by atoms with Crippen LogP contribution < -0.4 is 5.32 Å². The van der Waals surface area contributed by atoms with E-state index in [1.54, 1.807) is 4.90 Å². The monoisotopic (exact) mass is 389 g/mol. The molecule has 1 aliphatic heterocycles. The normalized spacial score (nSPS) is 16.5. The predicted octanol–water partition coefficient (Wildman–Crippen LogP) is 4.64. The number of aromatic nitrogens is 1. The Kier molecular flexibility index (Phi) is 5.65. The Morgan fingerprint density at radius 1 is 1.17 bits per heavy atom. The van der Waals surface area contributed by atoms with Crippen LogP contribution in [-0.2, 0) is 22.6 Å². The molecule has 5 nitrogen and oxygen atoms in total. The van der Waals surface area contributed by atoms with Gasteiger partial charge >= 0.3 is 0 Å². The standard InChI is InChI=1S/C24H27N3O2/c1-2-3-6-17-9-11-19(12-10-17)26-24(29)22-13-14-23(28)27(22)16-18-15-25-21-8-5-4-7-20(18)21/h4-5,7-12,15,22,25H,2-3,6,13-14,16H2,1H3,(H,26,29). The maximum atomic E-state index is 12.9. The van der Waals surface area contributed by atoms with Gasteiger partial charge in [0.2, 0.25) is 11.8 Å². The lowest BCUT2D eigenvalue weighted by Gasteiger charge is -2.24. The maximum Gasteiger partial charge on any atom is 0.247 e. The van der Waals surface area contributed by atoms with E-state index in [0.29, 0.717) is 19.4 Å². The number of likely N-dealkylation sites (tertiary alicyclic amines) is 1. The van der Waals surface area contributed by atoms with Crippen molar-refractivity contribution in [3.05, 3.63) is 65.9 Å². The van der Waals surface area contributed by atoms with Crippen molar-refractivity contribution in [1.82, 2.24) is 9.88 Å². The van der Waals surface area contributed by atoms with Gasteiger partial charge in [0.15, 0.2) is 0 Å². The molecule has 1 atom stereocenters. The van der Waals surface area contributed by atoms with E-state index in [4.69, 9.17) is 0 Å². The molecule has 2 N–H and O–H groups in total. The van der Waals surface area contributed by atoms with Crippen LogP contribution in [0.3, 0.4) is 0 Å². The van der Waals surface area contributed by atoms with Crippen molar-refractivity contribution in [2.24, 2.45) is 0 Å². The van der Waals surface area contributed by atoms with E-state index in [0.717, 1.165) is 28.6 Å². The van der Waals surface area contributed by atoms with Gasteiger partial charge in [-0.15, -0.1) is 0 Å². The van der Waals surface area contributed by atoms with Gasteiger partial charge in [0.25, 0.3) is 0 Å². The second kappa shape index (κ2) is 8.52. The van der Waals surface area contributed by atoms with Gasteiger partial charge < -0.3 is 15.2 Å². The second-order valence-electron chi connectivity index (χ2n) is 7.73. The van der Waals surface area contributed by atoms with Crippen molar-refractivity contribution in [3.63, 3.8) is 0 Å². The first-order valence-electron chi connectivity index (χ1n) is 10.4. The van der Waals surface area contributed by atoms with Gasteiger partial charge in [-0.2, -0.15) is 0 Å². The van der Waals surface area contributed by atoms with Gasteiger partial charge in [-0.25, -0.2) is 0 Å². The molecule has 5 heteroatoms. The Morgan fingerprint density at radius 3 is 2.76 bits per heavy atom. The summed E-state index contributed by atoms with van der Waals surface area (Å²) in [5.74, 6) is -0.0812. The lowest BCUT2D eigenvalue weighted by atomic mass is 10.1. The highest BCUT2D eigenvalue weighted by molar-refractivity contribution is 5.99. The van der Waals surface area contributed by atoms with Crippen molar-refractivity contribution in [2.45, 2.75) is 51.6 Å². The summed E-state index contributed by atoms with van der Waals surface area (Å²) in [4.78, 5) is 30.3. The summed E-state index contributed by atoms with van der Waals surface area (Å²) in [7, 11) is 0. The number of hydrogen-bond acceptors (Lipinski definition) is 2. The first-order chi connectivity index (χ1) is 14.2. The largest absolute Gasteiger partial charge is 0.361 e. The van der Waals surface area contributed by atoms with Gasteiger partial charge in [-0.3, -0.25) is 9.59 Å². The van der Waals surface area contributed by atoms with Crippen LogP contribution in [-0.4, -0.2) is 27.7 Å². The number of unbranched alkanes of at least 4 members (excludes halogenated alkanes) is 1. The van der Waals surface area contributed by atoms with Crippen LogP contribution >= 0.6 is 0 Å². The number of aromatic amines is 1. The lowest BCUT2D eigenvalue weighted by molar-refractivity contribution is -0.133. The molecule has 1 aromatic heterocycles. The molecule has 3 aromatic rings. The molecule has 0 bridgehead atoms. The number of hydrogen-bond donors (Lipinski definition) is 2. The molecule has 2 aromatic carbocycles. The number of H-pyrrole nitrogens is 1. The molecule has 1 aliphatic rings. The van der Waals surface area contributed by atoms with Gasteiger partial charge in [-0.1, -0.05) is 43.7 Å². The molecule has 0 saturated carbocycles. The molecule has 0 radical (unpaired) electrons. The number of amides is 2.